The Balaban J connectivity index is 3.49. The number of carbonyl (C=O) groups excluding carboxylic acids is 2. The van der Waals surface area contributed by atoms with Crippen LogP contribution < -0.4 is 4.31 Å². The van der Waals surface area contributed by atoms with Crippen molar-refractivity contribution >= 4 is 27.8 Å². The number of aliphatic hydroxyl groups excluding tert-OH is 1. The summed E-state index contributed by atoms with van der Waals surface area (Å²) in [6.45, 7) is 4.32. The highest BCUT2D eigenvalue weighted by atomic mass is 32.2. The fourth-order valence-electron chi connectivity index (χ4n) is 1.85. The minimum atomic E-state index is -4.04. The van der Waals surface area contributed by atoms with Gasteiger partial charge in [0.2, 0.25) is 10.0 Å². The molecule has 0 spiro atoms. The van der Waals surface area contributed by atoms with Crippen molar-refractivity contribution in [2.45, 2.75) is 33.0 Å². The van der Waals surface area contributed by atoms with Gasteiger partial charge in [0.15, 0.2) is 0 Å². The number of esters is 1. The minimum absolute atomic E-state index is 0.00346. The predicted octanol–water partition coefficient (Wildman–Crippen LogP) is 1.67. The van der Waals surface area contributed by atoms with Crippen LogP contribution in [0.1, 0.15) is 36.7 Å². The van der Waals surface area contributed by atoms with E-state index >= 15 is 0 Å². The van der Waals surface area contributed by atoms with Crippen molar-refractivity contribution in [3.05, 3.63) is 29.3 Å². The molecule has 0 bridgehead atoms. The van der Waals surface area contributed by atoms with Crippen molar-refractivity contribution in [1.82, 2.24) is 0 Å². The molecule has 0 radical (unpaired) electrons. The number of aliphatic hydroxyl groups is 1. The lowest BCUT2D eigenvalue weighted by atomic mass is 10.1. The molecule has 0 saturated heterocycles. The van der Waals surface area contributed by atoms with Gasteiger partial charge in [-0.1, -0.05) is 0 Å². The van der Waals surface area contributed by atoms with Crippen molar-refractivity contribution in [2.75, 3.05) is 17.7 Å². The molecule has 9 heteroatoms. The quantitative estimate of drug-likeness (QED) is 0.814. The van der Waals surface area contributed by atoms with E-state index in [9.17, 15) is 23.1 Å². The summed E-state index contributed by atoms with van der Waals surface area (Å²) >= 11 is 0. The number of hydrogen-bond acceptors (Lipinski definition) is 7. The molecule has 0 fully saturated rings. The van der Waals surface area contributed by atoms with Crippen LogP contribution >= 0.6 is 0 Å². The Morgan fingerprint density at radius 3 is 2.21 bits per heavy atom. The minimum Gasteiger partial charge on any atom is -0.465 e. The van der Waals surface area contributed by atoms with Crippen LogP contribution in [0.5, 0.6) is 0 Å². The number of carbonyl (C=O) groups is 2. The Kier molecular flexibility index (Phi) is 5.96. The number of methoxy groups -OCH3 is 1. The molecule has 0 unspecified atom stereocenters. The Bertz CT molecular complexity index is 735. The summed E-state index contributed by atoms with van der Waals surface area (Å²) in [5.74, 6) is -0.732. The molecular formula is C15H21NO7S. The van der Waals surface area contributed by atoms with Crippen molar-refractivity contribution in [1.29, 1.82) is 0 Å². The second-order valence-corrected chi connectivity index (χ2v) is 7.88. The summed E-state index contributed by atoms with van der Waals surface area (Å²) in [7, 11) is -2.88. The normalized spacial score (nSPS) is 11.8. The van der Waals surface area contributed by atoms with Crippen LogP contribution in [0.3, 0.4) is 0 Å². The zero-order valence-electron chi connectivity index (χ0n) is 14.2. The van der Waals surface area contributed by atoms with E-state index in [0.717, 1.165) is 13.4 Å². The van der Waals surface area contributed by atoms with Gasteiger partial charge < -0.3 is 14.6 Å². The van der Waals surface area contributed by atoms with Crippen molar-refractivity contribution in [2.24, 2.45) is 0 Å². The second-order valence-electron chi connectivity index (χ2n) is 6.05. The Morgan fingerprint density at radius 2 is 1.79 bits per heavy atom. The maximum Gasteiger partial charge on any atom is 0.428 e. The van der Waals surface area contributed by atoms with Crippen LogP contribution in [0.4, 0.5) is 10.5 Å². The van der Waals surface area contributed by atoms with E-state index in [1.54, 1.807) is 20.8 Å². The van der Waals surface area contributed by atoms with E-state index < -0.39 is 34.3 Å². The molecule has 0 aliphatic rings. The van der Waals surface area contributed by atoms with Crippen molar-refractivity contribution in [3.63, 3.8) is 0 Å². The van der Waals surface area contributed by atoms with Gasteiger partial charge >= 0.3 is 12.1 Å². The molecule has 0 atom stereocenters. The largest absolute Gasteiger partial charge is 0.465 e. The first-order valence-corrected chi connectivity index (χ1v) is 8.80. The predicted molar refractivity (Wildman–Crippen MR) is 87.3 cm³/mol. The number of sulfonamides is 1. The van der Waals surface area contributed by atoms with Gasteiger partial charge in [0.25, 0.3) is 0 Å². The first kappa shape index (κ1) is 19.9. The molecular weight excluding hydrogens is 338 g/mol. The molecule has 1 aromatic rings. The van der Waals surface area contributed by atoms with Gasteiger partial charge in [-0.3, -0.25) is 0 Å². The molecule has 1 amide bonds. The van der Waals surface area contributed by atoms with Crippen molar-refractivity contribution < 1.29 is 32.6 Å². The van der Waals surface area contributed by atoms with E-state index in [1.165, 1.54) is 18.2 Å². The van der Waals surface area contributed by atoms with Crippen LogP contribution in [-0.4, -0.2) is 44.6 Å². The summed E-state index contributed by atoms with van der Waals surface area (Å²) in [6, 6.07) is 3.79. The Morgan fingerprint density at radius 1 is 1.21 bits per heavy atom. The highest BCUT2D eigenvalue weighted by molar-refractivity contribution is 7.92. The van der Waals surface area contributed by atoms with Gasteiger partial charge in [-0.15, -0.1) is 0 Å². The smallest absolute Gasteiger partial charge is 0.428 e. The molecule has 24 heavy (non-hydrogen) atoms. The number of anilines is 1. The van der Waals surface area contributed by atoms with E-state index in [-0.39, 0.29) is 16.8 Å². The third-order valence-corrected chi connectivity index (χ3v) is 3.73. The van der Waals surface area contributed by atoms with Crippen LogP contribution in [0.15, 0.2) is 18.2 Å². The number of ether oxygens (including phenoxy) is 2. The van der Waals surface area contributed by atoms with E-state index in [4.69, 9.17) is 4.74 Å². The SMILES string of the molecule is COC(=O)c1cc(CO)cc(N(C(=O)OC(C)(C)C)S(C)(=O)=O)c1. The lowest BCUT2D eigenvalue weighted by Crippen LogP contribution is -2.40. The molecule has 0 heterocycles. The standard InChI is InChI=1S/C15H21NO7S/c1-15(2,3)23-14(19)16(24(5,20)21)12-7-10(9-17)6-11(8-12)13(18)22-4/h6-8,17H,9H2,1-5H3. The molecule has 0 saturated carbocycles. The van der Waals surface area contributed by atoms with Gasteiger partial charge in [-0.25, -0.2) is 18.0 Å². The summed E-state index contributed by atoms with van der Waals surface area (Å²) < 4.78 is 34.2. The van der Waals surface area contributed by atoms with E-state index in [2.05, 4.69) is 4.74 Å². The fraction of sp³-hybridized carbons (Fsp3) is 0.467. The lowest BCUT2D eigenvalue weighted by molar-refractivity contribution is 0.0590. The fourth-order valence-corrected chi connectivity index (χ4v) is 2.65. The molecule has 0 aliphatic heterocycles. The highest BCUT2D eigenvalue weighted by Gasteiger charge is 2.31. The summed E-state index contributed by atoms with van der Waals surface area (Å²) in [5, 5.41) is 9.31. The van der Waals surface area contributed by atoms with Gasteiger partial charge in [-0.05, 0) is 44.5 Å². The molecule has 1 rings (SSSR count). The monoisotopic (exact) mass is 359 g/mol. The Hall–Kier alpha value is -2.13. The van der Waals surface area contributed by atoms with Crippen molar-refractivity contribution in [3.8, 4) is 0 Å². The summed E-state index contributed by atoms with van der Waals surface area (Å²) in [4.78, 5) is 24.0. The third kappa shape index (κ3) is 5.20. The zero-order chi connectivity index (χ0) is 18.7. The molecule has 8 nitrogen and oxygen atoms in total. The van der Waals surface area contributed by atoms with Crippen LogP contribution in [0, 0.1) is 0 Å². The maximum absolute atomic E-state index is 12.3. The molecule has 134 valence electrons. The number of rotatable bonds is 4. The molecule has 1 N–H and O–H groups in total. The van der Waals surface area contributed by atoms with E-state index in [1.807, 2.05) is 0 Å². The van der Waals surface area contributed by atoms with Gasteiger partial charge in [0.05, 0.1) is 31.2 Å². The van der Waals surface area contributed by atoms with Crippen LogP contribution in [0.2, 0.25) is 0 Å². The highest BCUT2D eigenvalue weighted by Crippen LogP contribution is 2.25. The second kappa shape index (κ2) is 7.18. The average molecular weight is 359 g/mol. The van der Waals surface area contributed by atoms with Crippen LogP contribution in [0.25, 0.3) is 0 Å². The summed E-state index contributed by atoms with van der Waals surface area (Å²) in [5.41, 5.74) is -0.806. The number of amides is 1. The number of hydrogen-bond donors (Lipinski definition) is 1. The number of nitrogens with zero attached hydrogens (tertiary/aromatic N) is 1. The molecule has 1 aromatic carbocycles. The Labute approximate surface area is 141 Å². The maximum atomic E-state index is 12.3. The average Bonchev–Trinajstić information content (AvgIpc) is 2.42. The molecule has 0 aliphatic carbocycles. The first-order valence-electron chi connectivity index (χ1n) is 6.95. The van der Waals surface area contributed by atoms with Gasteiger partial charge in [0.1, 0.15) is 5.60 Å². The van der Waals surface area contributed by atoms with Gasteiger partial charge in [0, 0.05) is 0 Å². The molecule has 0 aromatic heterocycles. The van der Waals surface area contributed by atoms with E-state index in [0.29, 0.717) is 4.31 Å². The zero-order valence-corrected chi connectivity index (χ0v) is 15.0. The first-order chi connectivity index (χ1) is 10.9. The van der Waals surface area contributed by atoms with Crippen LogP contribution in [-0.2, 0) is 26.1 Å². The third-order valence-electron chi connectivity index (χ3n) is 2.71. The topological polar surface area (TPSA) is 110 Å². The number of benzene rings is 1. The van der Waals surface area contributed by atoms with Gasteiger partial charge in [-0.2, -0.15) is 4.31 Å². The lowest BCUT2D eigenvalue weighted by Gasteiger charge is -2.26. The summed E-state index contributed by atoms with van der Waals surface area (Å²) in [6.07, 6.45) is -0.281.